The quantitative estimate of drug-likeness (QED) is 0.918. The lowest BCUT2D eigenvalue weighted by atomic mass is 9.98. The van der Waals surface area contributed by atoms with E-state index in [9.17, 15) is 27.9 Å². The molecule has 1 aromatic rings. The molecule has 130 valence electrons. The molecular formula is C17H18F3NO3. The van der Waals surface area contributed by atoms with E-state index < -0.39 is 29.2 Å². The van der Waals surface area contributed by atoms with Gasteiger partial charge in [-0.25, -0.2) is 4.79 Å². The van der Waals surface area contributed by atoms with Crippen molar-refractivity contribution in [3.63, 3.8) is 0 Å². The largest absolute Gasteiger partial charge is 0.480 e. The highest BCUT2D eigenvalue weighted by molar-refractivity contribution is 5.90. The molecule has 1 amide bonds. The number of rotatable bonds is 3. The molecule has 1 heterocycles. The Morgan fingerprint density at radius 1 is 1.33 bits per heavy atom. The summed E-state index contributed by atoms with van der Waals surface area (Å²) < 4.78 is 38.4. The molecule has 3 atom stereocenters. The number of benzene rings is 1. The number of hydrogen-bond donors (Lipinski definition) is 1. The van der Waals surface area contributed by atoms with E-state index in [1.165, 1.54) is 17.9 Å². The zero-order chi connectivity index (χ0) is 17.7. The number of hydrogen-bond acceptors (Lipinski definition) is 2. The summed E-state index contributed by atoms with van der Waals surface area (Å²) in [5.41, 5.74) is -1.45. The number of carboxylic acids is 1. The van der Waals surface area contributed by atoms with Gasteiger partial charge in [0.1, 0.15) is 5.54 Å². The SMILES string of the molecule is CC1(C(=O)O)CCCN1C(=O)C1CC1c1cccc(C(F)(F)F)c1. The van der Waals surface area contributed by atoms with E-state index in [1.807, 2.05) is 0 Å². The van der Waals surface area contributed by atoms with E-state index in [2.05, 4.69) is 0 Å². The summed E-state index contributed by atoms with van der Waals surface area (Å²) in [6.07, 6.45) is -2.93. The first kappa shape index (κ1) is 16.8. The third-order valence-electron chi connectivity index (χ3n) is 5.12. The van der Waals surface area contributed by atoms with E-state index in [4.69, 9.17) is 0 Å². The molecule has 4 nitrogen and oxygen atoms in total. The minimum Gasteiger partial charge on any atom is -0.480 e. The Kier molecular flexibility index (Phi) is 3.85. The molecule has 0 aromatic heterocycles. The number of amides is 1. The molecule has 0 bridgehead atoms. The number of likely N-dealkylation sites (tertiary alicyclic amines) is 1. The van der Waals surface area contributed by atoms with Crippen molar-refractivity contribution >= 4 is 11.9 Å². The Balaban J connectivity index is 1.76. The van der Waals surface area contributed by atoms with Crippen LogP contribution in [0.1, 0.15) is 43.2 Å². The van der Waals surface area contributed by atoms with Crippen LogP contribution >= 0.6 is 0 Å². The van der Waals surface area contributed by atoms with Crippen LogP contribution in [0.15, 0.2) is 24.3 Å². The minimum atomic E-state index is -4.42. The van der Waals surface area contributed by atoms with Gasteiger partial charge in [0, 0.05) is 12.5 Å². The maximum Gasteiger partial charge on any atom is 0.416 e. The van der Waals surface area contributed by atoms with Crippen molar-refractivity contribution < 1.29 is 27.9 Å². The van der Waals surface area contributed by atoms with Crippen molar-refractivity contribution in [1.82, 2.24) is 4.90 Å². The second-order valence-electron chi connectivity index (χ2n) is 6.74. The van der Waals surface area contributed by atoms with Crippen LogP contribution in [0, 0.1) is 5.92 Å². The van der Waals surface area contributed by atoms with Crippen molar-refractivity contribution in [2.75, 3.05) is 6.54 Å². The molecular weight excluding hydrogens is 323 g/mol. The average Bonchev–Trinajstić information content (AvgIpc) is 3.21. The predicted molar refractivity (Wildman–Crippen MR) is 79.3 cm³/mol. The topological polar surface area (TPSA) is 57.6 Å². The fraction of sp³-hybridized carbons (Fsp3) is 0.529. The number of alkyl halides is 3. The number of halogens is 3. The standard InChI is InChI=1S/C17H18F3NO3/c1-16(15(23)24)6-3-7-21(16)14(22)13-9-12(13)10-4-2-5-11(8-10)17(18,19)20/h2,4-5,8,12-13H,3,6-7,9H2,1H3,(H,23,24). The number of carbonyl (C=O) groups is 2. The van der Waals surface area contributed by atoms with Crippen LogP contribution in [0.2, 0.25) is 0 Å². The third-order valence-corrected chi connectivity index (χ3v) is 5.12. The predicted octanol–water partition coefficient (Wildman–Crippen LogP) is 3.27. The Labute approximate surface area is 137 Å². The zero-order valence-electron chi connectivity index (χ0n) is 13.1. The Morgan fingerprint density at radius 2 is 2.04 bits per heavy atom. The van der Waals surface area contributed by atoms with Crippen molar-refractivity contribution in [2.45, 2.75) is 43.8 Å². The molecule has 24 heavy (non-hydrogen) atoms. The van der Waals surface area contributed by atoms with Crippen molar-refractivity contribution in [1.29, 1.82) is 0 Å². The Morgan fingerprint density at radius 3 is 2.67 bits per heavy atom. The second-order valence-corrected chi connectivity index (χ2v) is 6.74. The second kappa shape index (κ2) is 5.50. The van der Waals surface area contributed by atoms with E-state index in [-0.39, 0.29) is 11.8 Å². The molecule has 2 aliphatic rings. The maximum atomic E-state index is 12.8. The van der Waals surface area contributed by atoms with E-state index >= 15 is 0 Å². The highest BCUT2D eigenvalue weighted by atomic mass is 19.4. The molecule has 0 spiro atoms. The van der Waals surface area contributed by atoms with E-state index in [0.29, 0.717) is 31.4 Å². The summed E-state index contributed by atoms with van der Waals surface area (Å²) in [7, 11) is 0. The van der Waals surface area contributed by atoms with Crippen LogP contribution in [-0.2, 0) is 15.8 Å². The minimum absolute atomic E-state index is 0.264. The van der Waals surface area contributed by atoms with Gasteiger partial charge >= 0.3 is 12.1 Å². The van der Waals surface area contributed by atoms with Crippen LogP contribution in [0.5, 0.6) is 0 Å². The van der Waals surface area contributed by atoms with Gasteiger partial charge in [-0.1, -0.05) is 18.2 Å². The van der Waals surface area contributed by atoms with Crippen LogP contribution in [0.25, 0.3) is 0 Å². The van der Waals surface area contributed by atoms with Gasteiger partial charge in [0.15, 0.2) is 0 Å². The molecule has 2 fully saturated rings. The van der Waals surface area contributed by atoms with E-state index in [1.54, 1.807) is 6.07 Å². The summed E-state index contributed by atoms with van der Waals surface area (Å²) >= 11 is 0. The Hall–Kier alpha value is -2.05. The van der Waals surface area contributed by atoms with Gasteiger partial charge in [-0.05, 0) is 43.7 Å². The van der Waals surface area contributed by atoms with Gasteiger partial charge in [-0.3, -0.25) is 4.79 Å². The van der Waals surface area contributed by atoms with Crippen LogP contribution in [0.3, 0.4) is 0 Å². The lowest BCUT2D eigenvalue weighted by Gasteiger charge is -2.31. The molecule has 0 radical (unpaired) electrons. The lowest BCUT2D eigenvalue weighted by Crippen LogP contribution is -2.51. The molecule has 7 heteroatoms. The molecule has 1 saturated heterocycles. The molecule has 1 aliphatic carbocycles. The van der Waals surface area contributed by atoms with Gasteiger partial charge in [0.2, 0.25) is 5.91 Å². The molecule has 1 aliphatic heterocycles. The molecule has 3 rings (SSSR count). The maximum absolute atomic E-state index is 12.8. The molecule has 1 aromatic carbocycles. The zero-order valence-corrected chi connectivity index (χ0v) is 13.1. The first-order valence-corrected chi connectivity index (χ1v) is 7.86. The summed E-state index contributed by atoms with van der Waals surface area (Å²) in [6, 6.07) is 5.02. The van der Waals surface area contributed by atoms with Gasteiger partial charge in [0.25, 0.3) is 0 Å². The van der Waals surface area contributed by atoms with Crippen LogP contribution in [-0.4, -0.2) is 34.0 Å². The van der Waals surface area contributed by atoms with Crippen molar-refractivity contribution in [3.05, 3.63) is 35.4 Å². The average molecular weight is 341 g/mol. The van der Waals surface area contributed by atoms with E-state index in [0.717, 1.165) is 12.1 Å². The molecule has 1 N–H and O–H groups in total. The van der Waals surface area contributed by atoms with Crippen molar-refractivity contribution in [2.24, 2.45) is 5.92 Å². The van der Waals surface area contributed by atoms with Crippen molar-refractivity contribution in [3.8, 4) is 0 Å². The summed E-state index contributed by atoms with van der Waals surface area (Å²) in [6.45, 7) is 1.91. The summed E-state index contributed by atoms with van der Waals surface area (Å²) in [5, 5.41) is 9.38. The third kappa shape index (κ3) is 2.76. The lowest BCUT2D eigenvalue weighted by molar-refractivity contribution is -0.155. The number of carbonyl (C=O) groups excluding carboxylic acids is 1. The highest BCUT2D eigenvalue weighted by Crippen LogP contribution is 2.50. The van der Waals surface area contributed by atoms with Gasteiger partial charge in [-0.2, -0.15) is 13.2 Å². The number of aliphatic carboxylic acids is 1. The summed E-state index contributed by atoms with van der Waals surface area (Å²) in [5.74, 6) is -1.99. The number of nitrogens with zero attached hydrogens (tertiary/aromatic N) is 1. The van der Waals surface area contributed by atoms with Gasteiger partial charge in [-0.15, -0.1) is 0 Å². The van der Waals surface area contributed by atoms with Gasteiger partial charge in [0.05, 0.1) is 5.56 Å². The fourth-order valence-electron chi connectivity index (χ4n) is 3.52. The first-order chi connectivity index (χ1) is 11.1. The molecule has 1 saturated carbocycles. The monoisotopic (exact) mass is 341 g/mol. The van der Waals surface area contributed by atoms with Crippen LogP contribution in [0.4, 0.5) is 13.2 Å². The summed E-state index contributed by atoms with van der Waals surface area (Å²) in [4.78, 5) is 25.5. The first-order valence-electron chi connectivity index (χ1n) is 7.86. The van der Waals surface area contributed by atoms with Gasteiger partial charge < -0.3 is 10.0 Å². The fourth-order valence-corrected chi connectivity index (χ4v) is 3.52. The molecule has 3 unspecified atom stereocenters. The Bertz CT molecular complexity index is 688. The highest BCUT2D eigenvalue weighted by Gasteiger charge is 2.53. The van der Waals surface area contributed by atoms with Crippen LogP contribution < -0.4 is 0 Å². The normalized spacial score (nSPS) is 29.6. The number of carboxylic acid groups (broad SMARTS) is 1. The smallest absolute Gasteiger partial charge is 0.416 e.